The maximum absolute atomic E-state index is 5.99. The lowest BCUT2D eigenvalue weighted by Gasteiger charge is -2.12. The van der Waals surface area contributed by atoms with E-state index < -0.39 is 0 Å². The quantitative estimate of drug-likeness (QED) is 0.779. The molecule has 0 aliphatic heterocycles. The molecule has 2 aromatic carbocycles. The molecule has 0 spiro atoms. The van der Waals surface area contributed by atoms with Crippen LogP contribution >= 0.6 is 0 Å². The van der Waals surface area contributed by atoms with Crippen molar-refractivity contribution in [1.82, 2.24) is 4.98 Å². The van der Waals surface area contributed by atoms with Gasteiger partial charge in [-0.1, -0.05) is 42.5 Å². The summed E-state index contributed by atoms with van der Waals surface area (Å²) in [5.41, 5.74) is 8.88. The lowest BCUT2D eigenvalue weighted by molar-refractivity contribution is 0.304. The van der Waals surface area contributed by atoms with Gasteiger partial charge in [-0.05, 0) is 30.7 Å². The number of rotatable bonds is 5. The molecule has 0 aliphatic rings. The van der Waals surface area contributed by atoms with Crippen molar-refractivity contribution in [3.63, 3.8) is 0 Å². The largest absolute Gasteiger partial charge is 0.489 e. The van der Waals surface area contributed by atoms with E-state index in [1.807, 2.05) is 36.5 Å². The molecule has 3 heteroatoms. The first-order valence-electron chi connectivity index (χ1n) is 7.12. The summed E-state index contributed by atoms with van der Waals surface area (Å²) in [6.07, 6.45) is 2.64. The van der Waals surface area contributed by atoms with Crippen molar-refractivity contribution in [3.05, 3.63) is 71.9 Å². The Labute approximate surface area is 124 Å². The summed E-state index contributed by atoms with van der Waals surface area (Å²) in [5.74, 6) is 0.899. The maximum Gasteiger partial charge on any atom is 0.123 e. The van der Waals surface area contributed by atoms with Crippen molar-refractivity contribution in [3.8, 4) is 5.75 Å². The number of ether oxygens (including phenoxy) is 1. The van der Waals surface area contributed by atoms with Crippen LogP contribution in [0.4, 0.5) is 0 Å². The number of nitrogens with two attached hydrogens (primary N) is 1. The fraction of sp³-hybridized carbons (Fsp3) is 0.167. The lowest BCUT2D eigenvalue weighted by Crippen LogP contribution is -2.05. The minimum absolute atomic E-state index is 0.510. The Hall–Kier alpha value is -2.39. The molecule has 1 aromatic heterocycles. The Bertz CT molecular complexity index is 735. The highest BCUT2D eigenvalue weighted by Crippen LogP contribution is 2.22. The van der Waals surface area contributed by atoms with E-state index in [0.717, 1.165) is 34.2 Å². The first-order chi connectivity index (χ1) is 10.4. The number of hydrogen-bond donors (Lipinski definition) is 1. The minimum Gasteiger partial charge on any atom is -0.489 e. The first kappa shape index (κ1) is 13.6. The highest BCUT2D eigenvalue weighted by Gasteiger charge is 2.05. The molecule has 3 rings (SSSR count). The summed E-state index contributed by atoms with van der Waals surface area (Å²) in [7, 11) is 0. The molecule has 0 saturated carbocycles. The molecule has 3 nitrogen and oxygen atoms in total. The Morgan fingerprint density at radius 2 is 1.71 bits per heavy atom. The first-order valence-corrected chi connectivity index (χ1v) is 7.12. The normalized spacial score (nSPS) is 10.7. The van der Waals surface area contributed by atoms with Gasteiger partial charge in [0.15, 0.2) is 0 Å². The van der Waals surface area contributed by atoms with Crippen LogP contribution in [0.15, 0.2) is 60.8 Å². The van der Waals surface area contributed by atoms with Crippen LogP contribution in [0.25, 0.3) is 10.9 Å². The van der Waals surface area contributed by atoms with Crippen LogP contribution in [0.3, 0.4) is 0 Å². The van der Waals surface area contributed by atoms with E-state index in [2.05, 4.69) is 29.2 Å². The van der Waals surface area contributed by atoms with Crippen molar-refractivity contribution in [2.45, 2.75) is 13.0 Å². The number of pyridine rings is 1. The predicted octanol–water partition coefficient (Wildman–Crippen LogP) is 3.32. The zero-order chi connectivity index (χ0) is 14.5. The van der Waals surface area contributed by atoms with E-state index >= 15 is 0 Å². The summed E-state index contributed by atoms with van der Waals surface area (Å²) in [6, 6.07) is 18.2. The van der Waals surface area contributed by atoms with E-state index in [1.54, 1.807) is 0 Å². The van der Waals surface area contributed by atoms with Crippen molar-refractivity contribution in [1.29, 1.82) is 0 Å². The molecule has 0 amide bonds. The summed E-state index contributed by atoms with van der Waals surface area (Å²) >= 11 is 0. The summed E-state index contributed by atoms with van der Waals surface area (Å²) in [4.78, 5) is 4.45. The summed E-state index contributed by atoms with van der Waals surface area (Å²) in [5, 5.41) is 1.13. The van der Waals surface area contributed by atoms with Gasteiger partial charge < -0.3 is 10.5 Å². The molecule has 0 radical (unpaired) electrons. The van der Waals surface area contributed by atoms with Gasteiger partial charge in [-0.25, -0.2) is 0 Å². The van der Waals surface area contributed by atoms with Gasteiger partial charge >= 0.3 is 0 Å². The van der Waals surface area contributed by atoms with Gasteiger partial charge in [0.2, 0.25) is 0 Å². The van der Waals surface area contributed by atoms with Crippen LogP contribution in [0.2, 0.25) is 0 Å². The predicted molar refractivity (Wildman–Crippen MR) is 85.3 cm³/mol. The average molecular weight is 278 g/mol. The van der Waals surface area contributed by atoms with Crippen molar-refractivity contribution >= 4 is 10.9 Å². The Balaban J connectivity index is 1.84. The molecule has 0 bridgehead atoms. The van der Waals surface area contributed by atoms with Crippen molar-refractivity contribution in [2.24, 2.45) is 5.73 Å². The van der Waals surface area contributed by atoms with E-state index in [4.69, 9.17) is 10.5 Å². The highest BCUT2D eigenvalue weighted by molar-refractivity contribution is 5.81. The maximum atomic E-state index is 5.99. The fourth-order valence-electron chi connectivity index (χ4n) is 2.45. The molecule has 2 N–H and O–H groups in total. The summed E-state index contributed by atoms with van der Waals surface area (Å²) < 4.78 is 5.99. The van der Waals surface area contributed by atoms with Crippen LogP contribution < -0.4 is 10.5 Å². The molecular weight excluding hydrogens is 260 g/mol. The third-order valence-corrected chi connectivity index (χ3v) is 3.49. The number of para-hydroxylation sites is 2. The van der Waals surface area contributed by atoms with E-state index in [9.17, 15) is 0 Å². The Morgan fingerprint density at radius 3 is 2.62 bits per heavy atom. The standard InChI is InChI=1S/C18H18N2O/c19-11-10-14-5-1-2-9-17(14)21-13-16-7-3-6-15-8-4-12-20-18(15)16/h1-9,12H,10-11,13,19H2. The van der Waals surface area contributed by atoms with E-state index in [0.29, 0.717) is 13.2 Å². The van der Waals surface area contributed by atoms with Crippen LogP contribution in [0.5, 0.6) is 5.75 Å². The highest BCUT2D eigenvalue weighted by atomic mass is 16.5. The zero-order valence-corrected chi connectivity index (χ0v) is 11.8. The van der Waals surface area contributed by atoms with E-state index in [1.165, 1.54) is 0 Å². The Kier molecular flexibility index (Phi) is 4.12. The molecule has 0 saturated heterocycles. The third-order valence-electron chi connectivity index (χ3n) is 3.49. The number of benzene rings is 2. The van der Waals surface area contributed by atoms with Gasteiger partial charge in [-0.3, -0.25) is 4.98 Å². The second-order valence-electron chi connectivity index (χ2n) is 4.93. The molecule has 0 aliphatic carbocycles. The topological polar surface area (TPSA) is 48.1 Å². The Morgan fingerprint density at radius 1 is 0.905 bits per heavy atom. The monoisotopic (exact) mass is 278 g/mol. The van der Waals surface area contributed by atoms with Gasteiger partial charge in [0.1, 0.15) is 12.4 Å². The second-order valence-corrected chi connectivity index (χ2v) is 4.93. The van der Waals surface area contributed by atoms with Crippen molar-refractivity contribution < 1.29 is 4.74 Å². The van der Waals surface area contributed by atoms with Crippen LogP contribution in [0.1, 0.15) is 11.1 Å². The molecule has 106 valence electrons. The molecule has 1 heterocycles. The molecular formula is C18H18N2O. The third kappa shape index (κ3) is 3.03. The van der Waals surface area contributed by atoms with Gasteiger partial charge in [0.05, 0.1) is 5.52 Å². The van der Waals surface area contributed by atoms with Gasteiger partial charge in [0, 0.05) is 17.1 Å². The number of aromatic nitrogens is 1. The number of hydrogen-bond acceptors (Lipinski definition) is 3. The van der Waals surface area contributed by atoms with E-state index in [-0.39, 0.29) is 0 Å². The van der Waals surface area contributed by atoms with Crippen molar-refractivity contribution in [2.75, 3.05) is 6.54 Å². The fourth-order valence-corrected chi connectivity index (χ4v) is 2.45. The zero-order valence-electron chi connectivity index (χ0n) is 11.8. The second kappa shape index (κ2) is 6.37. The molecule has 0 fully saturated rings. The van der Waals surface area contributed by atoms with Gasteiger partial charge in [-0.2, -0.15) is 0 Å². The van der Waals surface area contributed by atoms with Crippen LogP contribution in [-0.4, -0.2) is 11.5 Å². The molecule has 21 heavy (non-hydrogen) atoms. The van der Waals surface area contributed by atoms with Crippen LogP contribution in [0, 0.1) is 0 Å². The average Bonchev–Trinajstić information content (AvgIpc) is 2.54. The number of nitrogens with zero attached hydrogens (tertiary/aromatic N) is 1. The van der Waals surface area contributed by atoms with Gasteiger partial charge in [-0.15, -0.1) is 0 Å². The smallest absolute Gasteiger partial charge is 0.123 e. The molecule has 3 aromatic rings. The molecule has 0 unspecified atom stereocenters. The lowest BCUT2D eigenvalue weighted by atomic mass is 10.1. The summed E-state index contributed by atoms with van der Waals surface area (Å²) in [6.45, 7) is 1.13. The molecule has 0 atom stereocenters. The SMILES string of the molecule is NCCc1ccccc1OCc1cccc2cccnc12. The number of fused-ring (bicyclic) bond motifs is 1. The van der Waals surface area contributed by atoms with Gasteiger partial charge in [0.25, 0.3) is 0 Å². The van der Waals surface area contributed by atoms with Crippen LogP contribution in [-0.2, 0) is 13.0 Å². The minimum atomic E-state index is 0.510.